The Kier molecular flexibility index (Phi) is 4.58. The second-order valence-corrected chi connectivity index (χ2v) is 5.81. The molecule has 0 aromatic heterocycles. The molecule has 0 spiro atoms. The highest BCUT2D eigenvalue weighted by molar-refractivity contribution is 5.34. The van der Waals surface area contributed by atoms with E-state index in [0.717, 1.165) is 12.5 Å². The molecule has 0 aliphatic carbocycles. The monoisotopic (exact) mass is 304 g/mol. The van der Waals surface area contributed by atoms with E-state index >= 15 is 0 Å². The van der Waals surface area contributed by atoms with E-state index < -0.39 is 23.6 Å². The first-order valence-electron chi connectivity index (χ1n) is 7.09. The molecular weight excluding hydrogens is 284 g/mol. The fraction of sp³-hybridized carbons (Fsp3) is 0.600. The maximum Gasteiger partial charge on any atom is 0.416 e. The fourth-order valence-electron chi connectivity index (χ4n) is 3.07. The summed E-state index contributed by atoms with van der Waals surface area (Å²) in [5, 5.41) is 0. The molecule has 2 nitrogen and oxygen atoms in total. The molecule has 118 valence electrons. The normalized spacial score (nSPS) is 24.6. The van der Waals surface area contributed by atoms with Gasteiger partial charge in [0.1, 0.15) is 5.82 Å². The van der Waals surface area contributed by atoms with Crippen LogP contribution in [0.3, 0.4) is 0 Å². The summed E-state index contributed by atoms with van der Waals surface area (Å²) in [5.74, 6) is -0.883. The fourth-order valence-corrected chi connectivity index (χ4v) is 3.07. The third kappa shape index (κ3) is 3.37. The van der Waals surface area contributed by atoms with E-state index in [2.05, 4.69) is 0 Å². The van der Waals surface area contributed by atoms with E-state index in [-0.39, 0.29) is 17.6 Å². The van der Waals surface area contributed by atoms with E-state index in [1.807, 2.05) is 18.7 Å². The average molecular weight is 304 g/mol. The van der Waals surface area contributed by atoms with Crippen LogP contribution in [0.4, 0.5) is 17.6 Å². The molecule has 1 aliphatic rings. The van der Waals surface area contributed by atoms with Crippen molar-refractivity contribution in [3.63, 3.8) is 0 Å². The Balaban J connectivity index is 2.52. The molecule has 1 saturated heterocycles. The minimum Gasteiger partial charge on any atom is -0.326 e. The van der Waals surface area contributed by atoms with E-state index in [4.69, 9.17) is 5.73 Å². The number of nitrogens with two attached hydrogens (primary N) is 1. The number of alkyl halides is 3. The molecule has 1 aliphatic heterocycles. The Hall–Kier alpha value is -1.14. The smallest absolute Gasteiger partial charge is 0.326 e. The van der Waals surface area contributed by atoms with Gasteiger partial charge in [-0.2, -0.15) is 13.2 Å². The van der Waals surface area contributed by atoms with Gasteiger partial charge in [-0.3, -0.25) is 4.90 Å². The van der Waals surface area contributed by atoms with Gasteiger partial charge in [0.2, 0.25) is 0 Å². The number of piperidine rings is 1. The molecule has 2 rings (SSSR count). The molecule has 1 heterocycles. The minimum absolute atomic E-state index is 0.0739. The molecule has 1 aromatic carbocycles. The third-order valence-corrected chi connectivity index (χ3v) is 4.02. The minimum atomic E-state index is -4.59. The highest BCUT2D eigenvalue weighted by atomic mass is 19.4. The number of likely N-dealkylation sites (tertiary alicyclic amines) is 1. The van der Waals surface area contributed by atoms with Crippen LogP contribution >= 0.6 is 0 Å². The molecule has 0 saturated carbocycles. The summed E-state index contributed by atoms with van der Waals surface area (Å²) in [6, 6.07) is 2.03. The summed E-state index contributed by atoms with van der Waals surface area (Å²) in [7, 11) is 0. The SMILES string of the molecule is CC(C)N1CCCC(N)C1c1ccc(F)cc1C(F)(F)F. The van der Waals surface area contributed by atoms with Gasteiger partial charge >= 0.3 is 6.18 Å². The predicted molar refractivity (Wildman–Crippen MR) is 73.2 cm³/mol. The van der Waals surface area contributed by atoms with Gasteiger partial charge in [0.25, 0.3) is 0 Å². The second kappa shape index (κ2) is 5.93. The number of rotatable bonds is 2. The average Bonchev–Trinajstić information content (AvgIpc) is 2.37. The van der Waals surface area contributed by atoms with Crippen molar-refractivity contribution in [2.75, 3.05) is 6.54 Å². The lowest BCUT2D eigenvalue weighted by Gasteiger charge is -2.43. The molecule has 1 aromatic rings. The van der Waals surface area contributed by atoms with Crippen LogP contribution in [0.15, 0.2) is 18.2 Å². The number of benzene rings is 1. The lowest BCUT2D eigenvalue weighted by molar-refractivity contribution is -0.139. The predicted octanol–water partition coefficient (Wildman–Crippen LogP) is 3.72. The summed E-state index contributed by atoms with van der Waals surface area (Å²) < 4.78 is 52.9. The molecule has 2 N–H and O–H groups in total. The van der Waals surface area contributed by atoms with E-state index in [1.54, 1.807) is 0 Å². The standard InChI is InChI=1S/C15H20F4N2/c1-9(2)21-7-3-4-13(20)14(21)11-6-5-10(16)8-12(11)15(17,18)19/h5-6,8-9,13-14H,3-4,7,20H2,1-2H3. The molecule has 0 amide bonds. The first kappa shape index (κ1) is 16.2. The zero-order chi connectivity index (χ0) is 15.8. The molecule has 1 fully saturated rings. The molecule has 2 atom stereocenters. The van der Waals surface area contributed by atoms with Gasteiger partial charge in [0.05, 0.1) is 11.6 Å². The molecule has 0 radical (unpaired) electrons. The second-order valence-electron chi connectivity index (χ2n) is 5.81. The molecule has 21 heavy (non-hydrogen) atoms. The van der Waals surface area contributed by atoms with E-state index in [1.165, 1.54) is 6.07 Å². The Bertz CT molecular complexity index is 499. The third-order valence-electron chi connectivity index (χ3n) is 4.02. The zero-order valence-corrected chi connectivity index (χ0v) is 12.1. The number of halogens is 4. The van der Waals surface area contributed by atoms with E-state index in [0.29, 0.717) is 19.0 Å². The molecule has 0 bridgehead atoms. The number of hydrogen-bond donors (Lipinski definition) is 1. The van der Waals surface area contributed by atoms with Crippen LogP contribution in [0.2, 0.25) is 0 Å². The van der Waals surface area contributed by atoms with Gasteiger partial charge < -0.3 is 5.73 Å². The molecule has 6 heteroatoms. The van der Waals surface area contributed by atoms with Gasteiger partial charge in [-0.15, -0.1) is 0 Å². The van der Waals surface area contributed by atoms with Gasteiger partial charge in [0.15, 0.2) is 0 Å². The molecule has 2 unspecified atom stereocenters. The van der Waals surface area contributed by atoms with Crippen LogP contribution in [-0.4, -0.2) is 23.5 Å². The first-order valence-corrected chi connectivity index (χ1v) is 7.09. The van der Waals surface area contributed by atoms with E-state index in [9.17, 15) is 17.6 Å². The van der Waals surface area contributed by atoms with Crippen LogP contribution in [0.1, 0.15) is 43.9 Å². The van der Waals surface area contributed by atoms with Gasteiger partial charge in [-0.05, 0) is 50.9 Å². The molecular formula is C15H20F4N2. The zero-order valence-electron chi connectivity index (χ0n) is 12.1. The summed E-state index contributed by atoms with van der Waals surface area (Å²) in [6.45, 7) is 4.56. The Morgan fingerprint density at radius 3 is 2.52 bits per heavy atom. The topological polar surface area (TPSA) is 29.3 Å². The van der Waals surface area contributed by atoms with Crippen molar-refractivity contribution in [1.29, 1.82) is 0 Å². The van der Waals surface area contributed by atoms with Crippen LogP contribution in [0.5, 0.6) is 0 Å². The summed E-state index contributed by atoms with van der Waals surface area (Å²) in [4.78, 5) is 1.97. The lowest BCUT2D eigenvalue weighted by Crippen LogP contribution is -2.49. The van der Waals surface area contributed by atoms with Crippen LogP contribution in [0.25, 0.3) is 0 Å². The van der Waals surface area contributed by atoms with Crippen molar-refractivity contribution in [2.24, 2.45) is 5.73 Å². The maximum absolute atomic E-state index is 13.3. The van der Waals surface area contributed by atoms with Gasteiger partial charge in [-0.1, -0.05) is 6.07 Å². The number of nitrogens with zero attached hydrogens (tertiary/aromatic N) is 1. The first-order chi connectivity index (χ1) is 9.71. The van der Waals surface area contributed by atoms with Crippen molar-refractivity contribution in [2.45, 2.75) is 51.0 Å². The summed E-state index contributed by atoms with van der Waals surface area (Å²) >= 11 is 0. The summed E-state index contributed by atoms with van der Waals surface area (Å²) in [5.41, 5.74) is 5.24. The van der Waals surface area contributed by atoms with Gasteiger partial charge in [-0.25, -0.2) is 4.39 Å². The van der Waals surface area contributed by atoms with Crippen molar-refractivity contribution in [3.8, 4) is 0 Å². The lowest BCUT2D eigenvalue weighted by atomic mass is 9.87. The van der Waals surface area contributed by atoms with Crippen LogP contribution in [0, 0.1) is 5.82 Å². The maximum atomic E-state index is 13.3. The van der Waals surface area contributed by atoms with Crippen molar-refractivity contribution in [3.05, 3.63) is 35.1 Å². The highest BCUT2D eigenvalue weighted by Gasteiger charge is 2.40. The quantitative estimate of drug-likeness (QED) is 0.844. The Morgan fingerprint density at radius 2 is 1.95 bits per heavy atom. The number of hydrogen-bond acceptors (Lipinski definition) is 2. The Morgan fingerprint density at radius 1 is 1.29 bits per heavy atom. The van der Waals surface area contributed by atoms with Crippen LogP contribution < -0.4 is 5.73 Å². The van der Waals surface area contributed by atoms with Crippen molar-refractivity contribution >= 4 is 0 Å². The Labute approximate surface area is 121 Å². The largest absolute Gasteiger partial charge is 0.416 e. The summed E-state index contributed by atoms with van der Waals surface area (Å²) in [6.07, 6.45) is -3.06. The van der Waals surface area contributed by atoms with Crippen molar-refractivity contribution < 1.29 is 17.6 Å². The van der Waals surface area contributed by atoms with Crippen LogP contribution in [-0.2, 0) is 6.18 Å². The van der Waals surface area contributed by atoms with Gasteiger partial charge in [0, 0.05) is 12.1 Å². The highest BCUT2D eigenvalue weighted by Crippen LogP contribution is 2.40. The van der Waals surface area contributed by atoms with Crippen molar-refractivity contribution in [1.82, 2.24) is 4.90 Å².